The summed E-state index contributed by atoms with van der Waals surface area (Å²) >= 11 is 0. The van der Waals surface area contributed by atoms with E-state index >= 15 is 0 Å². The van der Waals surface area contributed by atoms with Gasteiger partial charge in [0.15, 0.2) is 11.6 Å². The summed E-state index contributed by atoms with van der Waals surface area (Å²) < 4.78 is 13.7. The minimum Gasteiger partial charge on any atom is -0.367 e. The molecule has 1 heterocycles. The molecule has 6 heteroatoms. The lowest BCUT2D eigenvalue weighted by atomic mass is 10.3. The minimum absolute atomic E-state index is 0.0467. The van der Waals surface area contributed by atoms with Gasteiger partial charge in [-0.2, -0.15) is 0 Å². The maximum absolute atomic E-state index is 13.7. The number of nitrogens with zero attached hydrogens (tertiary/aromatic N) is 2. The van der Waals surface area contributed by atoms with Crippen molar-refractivity contribution in [3.63, 3.8) is 0 Å². The molecule has 0 aliphatic heterocycles. The number of aryl methyl sites for hydroxylation is 1. The summed E-state index contributed by atoms with van der Waals surface area (Å²) in [5.74, 6) is -0.325. The second kappa shape index (κ2) is 7.58. The number of carbonyl (C=O) groups excluding carboxylic acids is 1. The van der Waals surface area contributed by atoms with Gasteiger partial charge >= 0.3 is 0 Å². The van der Waals surface area contributed by atoms with E-state index < -0.39 is 5.82 Å². The third kappa shape index (κ3) is 4.27. The van der Waals surface area contributed by atoms with Crippen molar-refractivity contribution >= 4 is 11.7 Å². The van der Waals surface area contributed by atoms with Crippen molar-refractivity contribution in [2.45, 2.75) is 33.1 Å². The smallest absolute Gasteiger partial charge is 0.221 e. The van der Waals surface area contributed by atoms with Crippen molar-refractivity contribution in [2.24, 2.45) is 0 Å². The molecular formula is C12H19FN4O. The molecule has 5 nitrogen and oxygen atoms in total. The summed E-state index contributed by atoms with van der Waals surface area (Å²) in [5, 5.41) is 5.56. The number of hydrogen-bond donors (Lipinski definition) is 2. The van der Waals surface area contributed by atoms with Crippen LogP contribution in [0.15, 0.2) is 6.33 Å². The van der Waals surface area contributed by atoms with Gasteiger partial charge in [-0.15, -0.1) is 0 Å². The van der Waals surface area contributed by atoms with Crippen LogP contribution in [0.4, 0.5) is 10.2 Å². The maximum atomic E-state index is 13.7. The van der Waals surface area contributed by atoms with E-state index in [4.69, 9.17) is 0 Å². The van der Waals surface area contributed by atoms with Crippen LogP contribution in [0.3, 0.4) is 0 Å². The van der Waals surface area contributed by atoms with Crippen LogP contribution in [0.5, 0.6) is 0 Å². The second-order valence-corrected chi connectivity index (χ2v) is 3.86. The summed E-state index contributed by atoms with van der Waals surface area (Å²) in [6.45, 7) is 4.84. The number of amides is 1. The fourth-order valence-electron chi connectivity index (χ4n) is 1.42. The van der Waals surface area contributed by atoms with E-state index in [0.717, 1.165) is 6.42 Å². The SMILES string of the molecule is CCCNC(=O)CCNc1ncnc(CC)c1F. The largest absolute Gasteiger partial charge is 0.367 e. The number of rotatable bonds is 7. The average molecular weight is 254 g/mol. The van der Waals surface area contributed by atoms with Crippen molar-refractivity contribution in [3.8, 4) is 0 Å². The summed E-state index contributed by atoms with van der Waals surface area (Å²) in [7, 11) is 0. The Balaban J connectivity index is 2.42. The zero-order valence-electron chi connectivity index (χ0n) is 10.8. The van der Waals surface area contributed by atoms with E-state index in [9.17, 15) is 9.18 Å². The van der Waals surface area contributed by atoms with Crippen LogP contribution in [0.1, 0.15) is 32.4 Å². The van der Waals surface area contributed by atoms with Crippen LogP contribution in [0.25, 0.3) is 0 Å². The number of anilines is 1. The number of halogens is 1. The molecule has 1 aromatic heterocycles. The Bertz CT molecular complexity index is 398. The van der Waals surface area contributed by atoms with Gasteiger partial charge in [0, 0.05) is 19.5 Å². The number of aromatic nitrogens is 2. The van der Waals surface area contributed by atoms with E-state index in [-0.39, 0.29) is 11.7 Å². The van der Waals surface area contributed by atoms with Gasteiger partial charge in [0.25, 0.3) is 0 Å². The van der Waals surface area contributed by atoms with E-state index in [1.165, 1.54) is 6.33 Å². The fourth-order valence-corrected chi connectivity index (χ4v) is 1.42. The van der Waals surface area contributed by atoms with Gasteiger partial charge in [0.1, 0.15) is 6.33 Å². The third-order valence-corrected chi connectivity index (χ3v) is 2.41. The lowest BCUT2D eigenvalue weighted by Crippen LogP contribution is -2.26. The monoisotopic (exact) mass is 254 g/mol. The quantitative estimate of drug-likeness (QED) is 0.774. The Morgan fingerprint density at radius 1 is 1.33 bits per heavy atom. The van der Waals surface area contributed by atoms with Crippen LogP contribution < -0.4 is 10.6 Å². The van der Waals surface area contributed by atoms with Gasteiger partial charge in [0.2, 0.25) is 5.91 Å². The Labute approximate surface area is 106 Å². The lowest BCUT2D eigenvalue weighted by molar-refractivity contribution is -0.120. The zero-order valence-corrected chi connectivity index (χ0v) is 10.8. The van der Waals surface area contributed by atoms with Crippen LogP contribution >= 0.6 is 0 Å². The first-order chi connectivity index (χ1) is 8.69. The zero-order chi connectivity index (χ0) is 13.4. The standard InChI is InChI=1S/C12H19FN4O/c1-3-6-14-10(18)5-7-15-12-11(13)9(4-2)16-8-17-12/h8H,3-7H2,1-2H3,(H,14,18)(H,15,16,17). The van der Waals surface area contributed by atoms with Crippen molar-refractivity contribution in [3.05, 3.63) is 17.8 Å². The molecule has 1 aromatic rings. The first kappa shape index (κ1) is 14.3. The molecule has 100 valence electrons. The maximum Gasteiger partial charge on any atom is 0.221 e. The molecule has 0 aromatic carbocycles. The molecule has 18 heavy (non-hydrogen) atoms. The molecule has 0 saturated carbocycles. The summed E-state index contributed by atoms with van der Waals surface area (Å²) in [6.07, 6.45) is 3.03. The molecule has 0 radical (unpaired) electrons. The van der Waals surface area contributed by atoms with E-state index in [0.29, 0.717) is 31.6 Å². The first-order valence-corrected chi connectivity index (χ1v) is 6.19. The summed E-state index contributed by atoms with van der Waals surface area (Å²) in [5.41, 5.74) is 0.378. The molecule has 1 amide bonds. The Kier molecular flexibility index (Phi) is 6.04. The fraction of sp³-hybridized carbons (Fsp3) is 0.583. The highest BCUT2D eigenvalue weighted by Crippen LogP contribution is 2.12. The molecule has 0 aliphatic carbocycles. The van der Waals surface area contributed by atoms with Crippen molar-refractivity contribution in [1.82, 2.24) is 15.3 Å². The molecule has 0 saturated heterocycles. The van der Waals surface area contributed by atoms with Crippen LogP contribution in [0, 0.1) is 5.82 Å². The van der Waals surface area contributed by atoms with Gasteiger partial charge in [-0.1, -0.05) is 13.8 Å². The summed E-state index contributed by atoms with van der Waals surface area (Å²) in [4.78, 5) is 19.0. The predicted octanol–water partition coefficient (Wildman–Crippen LogP) is 1.51. The van der Waals surface area contributed by atoms with Gasteiger partial charge in [0.05, 0.1) is 5.69 Å². The minimum atomic E-state index is -0.436. The Morgan fingerprint density at radius 2 is 2.11 bits per heavy atom. The van der Waals surface area contributed by atoms with Crippen LogP contribution in [0.2, 0.25) is 0 Å². The van der Waals surface area contributed by atoms with Gasteiger partial charge in [-0.05, 0) is 12.8 Å². The number of carbonyl (C=O) groups is 1. The number of nitrogens with one attached hydrogen (secondary N) is 2. The lowest BCUT2D eigenvalue weighted by Gasteiger charge is -2.08. The van der Waals surface area contributed by atoms with Gasteiger partial charge in [-0.3, -0.25) is 4.79 Å². The molecule has 0 atom stereocenters. The van der Waals surface area contributed by atoms with Crippen molar-refractivity contribution < 1.29 is 9.18 Å². The van der Waals surface area contributed by atoms with Crippen LogP contribution in [-0.2, 0) is 11.2 Å². The number of hydrogen-bond acceptors (Lipinski definition) is 4. The Morgan fingerprint density at radius 3 is 2.78 bits per heavy atom. The van der Waals surface area contributed by atoms with Gasteiger partial charge < -0.3 is 10.6 Å². The Hall–Kier alpha value is -1.72. The average Bonchev–Trinajstić information content (AvgIpc) is 2.38. The first-order valence-electron chi connectivity index (χ1n) is 6.19. The van der Waals surface area contributed by atoms with E-state index in [1.54, 1.807) is 0 Å². The highest BCUT2D eigenvalue weighted by Gasteiger charge is 2.09. The van der Waals surface area contributed by atoms with Crippen molar-refractivity contribution in [2.75, 3.05) is 18.4 Å². The topological polar surface area (TPSA) is 66.9 Å². The highest BCUT2D eigenvalue weighted by atomic mass is 19.1. The molecule has 0 aliphatic rings. The normalized spacial score (nSPS) is 10.2. The molecule has 0 fully saturated rings. The van der Waals surface area contributed by atoms with Crippen molar-refractivity contribution in [1.29, 1.82) is 0 Å². The second-order valence-electron chi connectivity index (χ2n) is 3.86. The van der Waals surface area contributed by atoms with E-state index in [1.807, 2.05) is 13.8 Å². The predicted molar refractivity (Wildman–Crippen MR) is 67.8 cm³/mol. The summed E-state index contributed by atoms with van der Waals surface area (Å²) in [6, 6.07) is 0. The molecule has 0 spiro atoms. The van der Waals surface area contributed by atoms with Gasteiger partial charge in [-0.25, -0.2) is 14.4 Å². The molecule has 1 rings (SSSR count). The molecular weight excluding hydrogens is 235 g/mol. The highest BCUT2D eigenvalue weighted by molar-refractivity contribution is 5.76. The van der Waals surface area contributed by atoms with E-state index in [2.05, 4.69) is 20.6 Å². The molecule has 0 unspecified atom stereocenters. The molecule has 0 bridgehead atoms. The third-order valence-electron chi connectivity index (χ3n) is 2.41. The van der Waals surface area contributed by atoms with Crippen LogP contribution in [-0.4, -0.2) is 29.0 Å². The molecule has 2 N–H and O–H groups in total.